The average molecular weight is 1220 g/mol. The van der Waals surface area contributed by atoms with Crippen LogP contribution in [-0.2, 0) is 62.0 Å². The van der Waals surface area contributed by atoms with Crippen LogP contribution >= 0.6 is 0 Å². The summed E-state index contributed by atoms with van der Waals surface area (Å²) < 4.78 is 100. The number of ether oxygens (including phenoxy) is 10. The van der Waals surface area contributed by atoms with E-state index in [9.17, 15) is 79.4 Å². The maximum Gasteiger partial charge on any atom is 0.397 e. The lowest BCUT2D eigenvalue weighted by molar-refractivity contribution is -0.394. The van der Waals surface area contributed by atoms with Crippen molar-refractivity contribution < 1.29 is 131 Å². The van der Waals surface area contributed by atoms with Gasteiger partial charge in [-0.2, -0.15) is 8.42 Å². The van der Waals surface area contributed by atoms with Crippen LogP contribution in [0.1, 0.15) is 107 Å². The lowest BCUT2D eigenvalue weighted by Crippen LogP contribution is -2.66. The standard InChI is InChI=1S/C55H90O27S/c1-21(2)9-12-34(57)55(8,68)33-11-10-27-26-18-31(29-17-25(82-83(69,70)71)13-15-53(29,6)28(26)14-16-54(27,33)7)77-50-44(67)45(37(60)24(5)76-50)79-52-47(81-49-43(66)41(64)36(59)23(4)75-49)39(62)32(20-73-52)78-51-46(38(61)30(56)19-72-51)80-48-42(65)40(63)35(58)22(3)74-48/h9,14,22-27,29-52,56-68H,10-13,15-20H2,1-8H3,(H,69,70,71)/t22?,23?,24?,25-,26?,27?,29?,30?,31-,32?,33-,34-,35?,36?,37?,38?,39?,40?,41?,42?,43?,44?,45?,46?,47?,48?,49?,50?,51?,52?,53+,54-,55+/m0/s1. The van der Waals surface area contributed by atoms with Crippen LogP contribution in [0.15, 0.2) is 23.3 Å². The fourth-order valence-corrected chi connectivity index (χ4v) is 15.7. The zero-order valence-electron chi connectivity index (χ0n) is 48.0. The second-order valence-corrected chi connectivity index (χ2v) is 26.9. The second-order valence-electron chi connectivity index (χ2n) is 25.8. The summed E-state index contributed by atoms with van der Waals surface area (Å²) in [6, 6.07) is 0. The predicted molar refractivity (Wildman–Crippen MR) is 281 cm³/mol. The molecule has 0 radical (unpaired) electrons. The number of fused-ring (bicyclic) bond motifs is 5. The molecular formula is C55H90O27S. The van der Waals surface area contributed by atoms with Crippen LogP contribution in [0.3, 0.4) is 0 Å². The van der Waals surface area contributed by atoms with Crippen LogP contribution < -0.4 is 0 Å². The van der Waals surface area contributed by atoms with Crippen LogP contribution in [0.5, 0.6) is 0 Å². The third-order valence-corrected chi connectivity index (χ3v) is 20.6. The third kappa shape index (κ3) is 13.0. The Hall–Kier alpha value is -1.57. The highest BCUT2D eigenvalue weighted by molar-refractivity contribution is 7.80. The van der Waals surface area contributed by atoms with E-state index in [1.807, 2.05) is 19.9 Å². The molecule has 9 aliphatic rings. The molecular weight excluding hydrogens is 1120 g/mol. The maximum absolute atomic E-state index is 12.4. The molecule has 0 amide bonds. The van der Waals surface area contributed by atoms with Gasteiger partial charge in [0.1, 0.15) is 91.6 Å². The molecule has 83 heavy (non-hydrogen) atoms. The Balaban J connectivity index is 0.976. The van der Waals surface area contributed by atoms with Gasteiger partial charge in [0.25, 0.3) is 0 Å². The molecule has 28 heteroatoms. The summed E-state index contributed by atoms with van der Waals surface area (Å²) in [7, 11) is -4.87. The van der Waals surface area contributed by atoms with Gasteiger partial charge < -0.3 is 114 Å². The van der Waals surface area contributed by atoms with Crippen LogP contribution in [0.4, 0.5) is 0 Å². The van der Waals surface area contributed by atoms with Gasteiger partial charge in [0, 0.05) is 0 Å². The van der Waals surface area contributed by atoms with Crippen LogP contribution in [-0.4, -0.2) is 258 Å². The van der Waals surface area contributed by atoms with Crippen molar-refractivity contribution in [1.29, 1.82) is 0 Å². The summed E-state index contributed by atoms with van der Waals surface area (Å²) in [6.45, 7) is 12.9. The molecule has 33 atom stereocenters. The fourth-order valence-electron chi connectivity index (χ4n) is 15.2. The van der Waals surface area contributed by atoms with E-state index in [1.165, 1.54) is 20.8 Å². The number of aliphatic hydroxyl groups is 13. The normalized spacial score (nSPS) is 51.6. The lowest BCUT2D eigenvalue weighted by Gasteiger charge is -2.60. The third-order valence-electron chi connectivity index (χ3n) is 20.1. The van der Waals surface area contributed by atoms with Crippen molar-refractivity contribution in [2.24, 2.45) is 34.5 Å². The van der Waals surface area contributed by atoms with E-state index < -0.39 is 206 Å². The van der Waals surface area contributed by atoms with Gasteiger partial charge in [0.2, 0.25) is 0 Å². The molecule has 5 saturated heterocycles. The Morgan fingerprint density at radius 1 is 0.651 bits per heavy atom. The van der Waals surface area contributed by atoms with Gasteiger partial charge in [-0.3, -0.25) is 4.55 Å². The zero-order valence-corrected chi connectivity index (χ0v) is 48.8. The van der Waals surface area contributed by atoms with Gasteiger partial charge in [-0.05, 0) is 127 Å². The quantitative estimate of drug-likeness (QED) is 0.0569. The summed E-state index contributed by atoms with van der Waals surface area (Å²) in [5, 5.41) is 146. The lowest BCUT2D eigenvalue weighted by atomic mass is 9.47. The summed E-state index contributed by atoms with van der Waals surface area (Å²) in [5.74, 6) is -0.948. The first-order chi connectivity index (χ1) is 38.8. The molecule has 0 aromatic heterocycles. The number of aliphatic hydroxyl groups excluding tert-OH is 12. The SMILES string of the molecule is CC(C)=CC[C@H](O)[C@](C)(O)[C@H]1CCC2C3C[C@H](OC4OC(C)C(O)C(OC5OCC(OC6OCC(O)C(O)C6OC6OC(C)C(O)C(O)C6O)C(O)C5OC5OC(C)C(O)C(O)C5O)C4O)C4C[C@@H](OS(=O)(=O)O)CC[C@]4(C)C3=CC[C@@]21C. The molecule has 3 saturated carbocycles. The van der Waals surface area contributed by atoms with E-state index >= 15 is 0 Å². The Morgan fingerprint density at radius 2 is 1.18 bits per heavy atom. The number of hydrogen-bond acceptors (Lipinski definition) is 26. The minimum absolute atomic E-state index is 0.00986. The number of allylic oxidation sites excluding steroid dienone is 3. The molecule has 0 aromatic carbocycles. The second kappa shape index (κ2) is 25.4. The van der Waals surface area contributed by atoms with Crippen molar-refractivity contribution in [3.05, 3.63) is 23.3 Å². The summed E-state index contributed by atoms with van der Waals surface area (Å²) >= 11 is 0. The predicted octanol–water partition coefficient (Wildman–Crippen LogP) is -2.33. The first kappa shape index (κ1) is 65.9. The summed E-state index contributed by atoms with van der Waals surface area (Å²) in [5.41, 5.74) is -0.395. The van der Waals surface area contributed by atoms with Gasteiger partial charge in [-0.1, -0.05) is 37.1 Å². The molecule has 27 nitrogen and oxygen atoms in total. The highest BCUT2D eigenvalue weighted by Crippen LogP contribution is 2.67. The Labute approximate surface area is 482 Å². The number of rotatable bonds is 16. The van der Waals surface area contributed by atoms with Gasteiger partial charge in [0.05, 0.1) is 55.4 Å². The van der Waals surface area contributed by atoms with Crippen LogP contribution in [0, 0.1) is 34.5 Å². The fraction of sp³-hybridized carbons (Fsp3) is 0.927. The van der Waals surface area contributed by atoms with Crippen molar-refractivity contribution in [1.82, 2.24) is 0 Å². The first-order valence-corrected chi connectivity index (χ1v) is 30.5. The monoisotopic (exact) mass is 1210 g/mol. The molecule has 8 fully saturated rings. The summed E-state index contributed by atoms with van der Waals surface area (Å²) in [6.07, 6.45) is -33.2. The largest absolute Gasteiger partial charge is 0.397 e. The van der Waals surface area contributed by atoms with E-state index in [4.69, 9.17) is 51.6 Å². The molecule has 0 aromatic rings. The van der Waals surface area contributed by atoms with E-state index in [0.29, 0.717) is 32.1 Å². The molecule has 5 aliphatic heterocycles. The smallest absolute Gasteiger partial charge is 0.390 e. The van der Waals surface area contributed by atoms with Gasteiger partial charge >= 0.3 is 10.4 Å². The minimum atomic E-state index is -4.87. The van der Waals surface area contributed by atoms with Gasteiger partial charge in [0.15, 0.2) is 31.5 Å². The van der Waals surface area contributed by atoms with Crippen molar-refractivity contribution >= 4 is 10.4 Å². The molecule has 4 aliphatic carbocycles. The molecule has 14 N–H and O–H groups in total. The van der Waals surface area contributed by atoms with Crippen LogP contribution in [0.25, 0.3) is 0 Å². The van der Waals surface area contributed by atoms with Crippen molar-refractivity contribution in [3.8, 4) is 0 Å². The van der Waals surface area contributed by atoms with Gasteiger partial charge in [-0.25, -0.2) is 4.18 Å². The molecule has 0 spiro atoms. The zero-order chi connectivity index (χ0) is 60.7. The van der Waals surface area contributed by atoms with E-state index in [2.05, 4.69) is 19.9 Å². The van der Waals surface area contributed by atoms with E-state index in [0.717, 1.165) is 11.1 Å². The van der Waals surface area contributed by atoms with E-state index in [-0.39, 0.29) is 37.0 Å². The average Bonchev–Trinajstić information content (AvgIpc) is 2.34. The van der Waals surface area contributed by atoms with Crippen molar-refractivity contribution in [2.75, 3.05) is 13.2 Å². The molecule has 478 valence electrons. The van der Waals surface area contributed by atoms with E-state index in [1.54, 1.807) is 6.92 Å². The Bertz CT molecular complexity index is 2380. The van der Waals surface area contributed by atoms with Crippen molar-refractivity contribution in [2.45, 2.75) is 272 Å². The highest BCUT2D eigenvalue weighted by Gasteiger charge is 2.64. The molecule has 26 unspecified atom stereocenters. The minimum Gasteiger partial charge on any atom is -0.390 e. The topological polar surface area (TPSA) is 419 Å². The van der Waals surface area contributed by atoms with Crippen LogP contribution in [0.2, 0.25) is 0 Å². The Morgan fingerprint density at radius 3 is 1.77 bits per heavy atom. The van der Waals surface area contributed by atoms with Crippen molar-refractivity contribution in [3.63, 3.8) is 0 Å². The first-order valence-electron chi connectivity index (χ1n) is 29.1. The molecule has 5 heterocycles. The highest BCUT2D eigenvalue weighted by atomic mass is 32.3. The molecule has 9 rings (SSSR count). The number of hydrogen-bond donors (Lipinski definition) is 14. The molecule has 0 bridgehead atoms. The summed E-state index contributed by atoms with van der Waals surface area (Å²) in [4.78, 5) is 0. The maximum atomic E-state index is 12.4. The van der Waals surface area contributed by atoms with Gasteiger partial charge in [-0.15, -0.1) is 0 Å². The Kier molecular flexibility index (Phi) is 20.1.